The molecule has 0 fully saturated rings. The Bertz CT molecular complexity index is 557. The van der Waals surface area contributed by atoms with Crippen molar-refractivity contribution in [3.63, 3.8) is 0 Å². The van der Waals surface area contributed by atoms with Crippen molar-refractivity contribution in [2.75, 3.05) is 11.9 Å². The first-order valence-corrected chi connectivity index (χ1v) is 7.26. The molecule has 0 aromatic heterocycles. The zero-order valence-corrected chi connectivity index (χ0v) is 12.2. The number of rotatable bonds is 3. The average molecular weight is 291 g/mol. The number of thioether (sulfide) groups is 1. The van der Waals surface area contributed by atoms with E-state index in [9.17, 15) is 4.39 Å². The van der Waals surface area contributed by atoms with Crippen LogP contribution in [0.25, 0.3) is 0 Å². The van der Waals surface area contributed by atoms with Crippen molar-refractivity contribution >= 4 is 34.0 Å². The number of anilines is 1. The molecule has 2 aromatic rings. The summed E-state index contributed by atoms with van der Waals surface area (Å²) in [5, 5.41) is 0. The molecule has 0 aliphatic carbocycles. The normalized spacial score (nSPS) is 10.2. The van der Waals surface area contributed by atoms with Gasteiger partial charge in [-0.25, -0.2) is 4.39 Å². The molecular weight excluding hydrogens is 277 g/mol. The van der Waals surface area contributed by atoms with E-state index in [-0.39, 0.29) is 5.82 Å². The van der Waals surface area contributed by atoms with Crippen LogP contribution in [0, 0.1) is 5.82 Å². The quantitative estimate of drug-likeness (QED) is 0.768. The van der Waals surface area contributed by atoms with Crippen LogP contribution in [0.5, 0.6) is 0 Å². The molecule has 0 amide bonds. The summed E-state index contributed by atoms with van der Waals surface area (Å²) in [7, 11) is 1.94. The summed E-state index contributed by atoms with van der Waals surface area (Å²) in [6, 6.07) is 16.6. The van der Waals surface area contributed by atoms with Crippen LogP contribution in [0.1, 0.15) is 5.56 Å². The first-order valence-electron chi connectivity index (χ1n) is 5.87. The molecule has 0 saturated heterocycles. The smallest absolute Gasteiger partial charge is 0.140 e. The molecule has 1 nitrogen and oxygen atoms in total. The summed E-state index contributed by atoms with van der Waals surface area (Å²) in [6.07, 6.45) is 0. The van der Waals surface area contributed by atoms with Gasteiger partial charge in [-0.15, -0.1) is 0 Å². The third kappa shape index (κ3) is 4.04. The lowest BCUT2D eigenvalue weighted by Crippen LogP contribution is -2.21. The van der Waals surface area contributed by atoms with Crippen molar-refractivity contribution in [2.45, 2.75) is 5.75 Å². The third-order valence-corrected chi connectivity index (χ3v) is 4.29. The molecule has 0 atom stereocenters. The first-order chi connectivity index (χ1) is 9.16. The molecule has 19 heavy (non-hydrogen) atoms. The number of benzene rings is 2. The van der Waals surface area contributed by atoms with Crippen LogP contribution >= 0.6 is 24.0 Å². The number of nitrogens with zero attached hydrogens (tertiary/aromatic N) is 1. The third-order valence-electron chi connectivity index (χ3n) is 2.67. The minimum Gasteiger partial charge on any atom is -0.330 e. The molecule has 2 rings (SSSR count). The SMILES string of the molecule is CN(C(=S)SCc1cccc(F)c1)c1ccccc1. The van der Waals surface area contributed by atoms with Gasteiger partial charge in [-0.05, 0) is 29.8 Å². The Kier molecular flexibility index (Phi) is 4.93. The lowest BCUT2D eigenvalue weighted by atomic mass is 10.2. The molecule has 2 aromatic carbocycles. The van der Waals surface area contributed by atoms with Crippen LogP contribution in [-0.2, 0) is 5.75 Å². The van der Waals surface area contributed by atoms with E-state index in [2.05, 4.69) is 0 Å². The van der Waals surface area contributed by atoms with Crippen molar-refractivity contribution in [3.8, 4) is 0 Å². The summed E-state index contributed by atoms with van der Waals surface area (Å²) in [6.45, 7) is 0. The Morgan fingerprint density at radius 1 is 1.16 bits per heavy atom. The molecule has 0 spiro atoms. The highest BCUT2D eigenvalue weighted by molar-refractivity contribution is 8.22. The predicted molar refractivity (Wildman–Crippen MR) is 85.1 cm³/mol. The van der Waals surface area contributed by atoms with Crippen LogP contribution < -0.4 is 4.90 Å². The number of para-hydroxylation sites is 1. The highest BCUT2D eigenvalue weighted by Crippen LogP contribution is 2.21. The number of hydrogen-bond acceptors (Lipinski definition) is 2. The van der Waals surface area contributed by atoms with Crippen molar-refractivity contribution in [2.24, 2.45) is 0 Å². The van der Waals surface area contributed by atoms with Crippen LogP contribution in [0.15, 0.2) is 54.6 Å². The van der Waals surface area contributed by atoms with Crippen LogP contribution in [-0.4, -0.2) is 11.4 Å². The summed E-state index contributed by atoms with van der Waals surface area (Å²) in [4.78, 5) is 1.96. The highest BCUT2D eigenvalue weighted by atomic mass is 32.2. The molecule has 0 radical (unpaired) electrons. The minimum atomic E-state index is -0.208. The number of halogens is 1. The van der Waals surface area contributed by atoms with Crippen LogP contribution in [0.3, 0.4) is 0 Å². The largest absolute Gasteiger partial charge is 0.330 e. The summed E-state index contributed by atoms with van der Waals surface area (Å²) in [5.74, 6) is 0.466. The monoisotopic (exact) mass is 291 g/mol. The molecule has 0 unspecified atom stereocenters. The average Bonchev–Trinajstić information content (AvgIpc) is 2.45. The second-order valence-electron chi connectivity index (χ2n) is 4.08. The van der Waals surface area contributed by atoms with E-state index >= 15 is 0 Å². The minimum absolute atomic E-state index is 0.208. The van der Waals surface area contributed by atoms with Crippen molar-refractivity contribution in [3.05, 3.63) is 66.0 Å². The Morgan fingerprint density at radius 3 is 2.58 bits per heavy atom. The van der Waals surface area contributed by atoms with E-state index in [1.165, 1.54) is 23.9 Å². The van der Waals surface area contributed by atoms with Gasteiger partial charge in [0.25, 0.3) is 0 Å². The van der Waals surface area contributed by atoms with Crippen molar-refractivity contribution in [1.29, 1.82) is 0 Å². The molecule has 0 N–H and O–H groups in total. The topological polar surface area (TPSA) is 3.24 Å². The fourth-order valence-corrected chi connectivity index (χ4v) is 2.68. The molecular formula is C15H14FNS2. The zero-order valence-electron chi connectivity index (χ0n) is 10.5. The number of hydrogen-bond donors (Lipinski definition) is 0. The van der Waals surface area contributed by atoms with Gasteiger partial charge >= 0.3 is 0 Å². The lowest BCUT2D eigenvalue weighted by Gasteiger charge is -2.19. The van der Waals surface area contributed by atoms with E-state index in [0.717, 1.165) is 15.6 Å². The van der Waals surface area contributed by atoms with Gasteiger partial charge in [0.2, 0.25) is 0 Å². The Hall–Kier alpha value is -1.39. The second kappa shape index (κ2) is 6.68. The van der Waals surface area contributed by atoms with E-state index in [0.29, 0.717) is 5.75 Å². The maximum absolute atomic E-state index is 13.1. The van der Waals surface area contributed by atoms with Gasteiger partial charge < -0.3 is 4.90 Å². The van der Waals surface area contributed by atoms with Crippen LogP contribution in [0.4, 0.5) is 10.1 Å². The molecule has 4 heteroatoms. The molecule has 0 heterocycles. The van der Waals surface area contributed by atoms with E-state index in [1.807, 2.05) is 48.3 Å². The van der Waals surface area contributed by atoms with E-state index in [4.69, 9.17) is 12.2 Å². The van der Waals surface area contributed by atoms with Crippen molar-refractivity contribution < 1.29 is 4.39 Å². The maximum Gasteiger partial charge on any atom is 0.140 e. The molecule has 0 aliphatic rings. The van der Waals surface area contributed by atoms with Gasteiger partial charge in [-0.2, -0.15) is 0 Å². The standard InChI is InChI=1S/C15H14FNS2/c1-17(14-8-3-2-4-9-14)15(18)19-11-12-6-5-7-13(16)10-12/h2-10H,11H2,1H3. The van der Waals surface area contributed by atoms with Crippen LogP contribution in [0.2, 0.25) is 0 Å². The molecule has 0 bridgehead atoms. The molecule has 0 saturated carbocycles. The lowest BCUT2D eigenvalue weighted by molar-refractivity contribution is 0.626. The Labute approximate surface area is 122 Å². The Morgan fingerprint density at radius 2 is 1.89 bits per heavy atom. The first kappa shape index (κ1) is 14.0. The van der Waals surface area contributed by atoms with Gasteiger partial charge in [-0.1, -0.05) is 54.3 Å². The summed E-state index contributed by atoms with van der Waals surface area (Å²) < 4.78 is 13.8. The summed E-state index contributed by atoms with van der Waals surface area (Å²) >= 11 is 6.92. The molecule has 0 aliphatic heterocycles. The van der Waals surface area contributed by atoms with E-state index < -0.39 is 0 Å². The summed E-state index contributed by atoms with van der Waals surface area (Å²) in [5.41, 5.74) is 1.99. The maximum atomic E-state index is 13.1. The van der Waals surface area contributed by atoms with Crippen molar-refractivity contribution in [1.82, 2.24) is 0 Å². The van der Waals surface area contributed by atoms with Gasteiger partial charge in [0, 0.05) is 18.5 Å². The highest BCUT2D eigenvalue weighted by Gasteiger charge is 2.07. The van der Waals surface area contributed by atoms with Gasteiger partial charge in [0.15, 0.2) is 0 Å². The fourth-order valence-electron chi connectivity index (χ4n) is 1.63. The van der Waals surface area contributed by atoms with E-state index in [1.54, 1.807) is 6.07 Å². The zero-order chi connectivity index (χ0) is 13.7. The predicted octanol–water partition coefficient (Wildman–Crippen LogP) is 4.48. The van der Waals surface area contributed by atoms with Gasteiger partial charge in [0.1, 0.15) is 10.1 Å². The second-order valence-corrected chi connectivity index (χ2v) is 5.69. The molecule has 98 valence electrons. The van der Waals surface area contributed by atoms with Gasteiger partial charge in [0.05, 0.1) is 0 Å². The Balaban J connectivity index is 1.95. The number of thiocarbonyl (C=S) groups is 1. The fraction of sp³-hybridized carbons (Fsp3) is 0.133. The van der Waals surface area contributed by atoms with Gasteiger partial charge in [-0.3, -0.25) is 0 Å².